The van der Waals surface area contributed by atoms with E-state index in [0.29, 0.717) is 12.6 Å². The third-order valence-corrected chi connectivity index (χ3v) is 2.11. The van der Waals surface area contributed by atoms with Crippen LogP contribution < -0.4 is 0 Å². The number of rotatable bonds is 6. The van der Waals surface area contributed by atoms with E-state index in [2.05, 4.69) is 25.3 Å². The molecule has 0 aromatic rings. The molecule has 0 bridgehead atoms. The van der Waals surface area contributed by atoms with Gasteiger partial charge in [-0.15, -0.1) is 6.58 Å². The van der Waals surface area contributed by atoms with E-state index >= 15 is 0 Å². The highest BCUT2D eigenvalue weighted by molar-refractivity contribution is 5.66. The lowest BCUT2D eigenvalue weighted by Gasteiger charge is -2.30. The summed E-state index contributed by atoms with van der Waals surface area (Å²) in [4.78, 5) is 12.5. The fraction of sp³-hybridized carbons (Fsp3) is 0.700. The summed E-state index contributed by atoms with van der Waals surface area (Å²) < 4.78 is 0. The highest BCUT2D eigenvalue weighted by atomic mass is 16.4. The molecule has 3 heteroatoms. The Kier molecular flexibility index (Phi) is 5.39. The van der Waals surface area contributed by atoms with Gasteiger partial charge in [-0.1, -0.05) is 6.08 Å². The van der Waals surface area contributed by atoms with E-state index in [-0.39, 0.29) is 12.5 Å². The Bertz CT molecular complexity index is 178. The van der Waals surface area contributed by atoms with Crippen LogP contribution in [0.5, 0.6) is 0 Å². The van der Waals surface area contributed by atoms with Gasteiger partial charge in [0.15, 0.2) is 0 Å². The summed E-state index contributed by atoms with van der Waals surface area (Å²) in [5.74, 6) is -0.748. The quantitative estimate of drug-likeness (QED) is 0.641. The third kappa shape index (κ3) is 4.68. The zero-order chi connectivity index (χ0) is 10.4. The van der Waals surface area contributed by atoms with Gasteiger partial charge in [0.25, 0.3) is 0 Å². The molecule has 0 saturated carbocycles. The second-order valence-electron chi connectivity index (χ2n) is 3.45. The molecule has 0 fully saturated rings. The lowest BCUT2D eigenvalue weighted by atomic mass is 10.2. The first-order valence-corrected chi connectivity index (χ1v) is 4.59. The fourth-order valence-electron chi connectivity index (χ4n) is 1.29. The molecule has 0 aliphatic heterocycles. The van der Waals surface area contributed by atoms with Crippen LogP contribution in [-0.4, -0.2) is 34.6 Å². The van der Waals surface area contributed by atoms with Gasteiger partial charge in [-0.05, 0) is 20.8 Å². The minimum Gasteiger partial charge on any atom is -0.481 e. The molecule has 76 valence electrons. The van der Waals surface area contributed by atoms with Crippen molar-refractivity contribution < 1.29 is 9.90 Å². The average molecular weight is 185 g/mol. The molecule has 0 radical (unpaired) electrons. The molecular formula is C10H19NO2. The molecule has 0 amide bonds. The number of hydrogen-bond donors (Lipinski definition) is 1. The monoisotopic (exact) mass is 185 g/mol. The molecule has 3 nitrogen and oxygen atoms in total. The van der Waals surface area contributed by atoms with Crippen LogP contribution >= 0.6 is 0 Å². The molecule has 13 heavy (non-hydrogen) atoms. The van der Waals surface area contributed by atoms with Gasteiger partial charge in [0.1, 0.15) is 0 Å². The number of hydrogen-bond acceptors (Lipinski definition) is 2. The van der Waals surface area contributed by atoms with Crippen molar-refractivity contribution in [1.82, 2.24) is 4.90 Å². The summed E-state index contributed by atoms with van der Waals surface area (Å²) in [5, 5.41) is 8.55. The van der Waals surface area contributed by atoms with Gasteiger partial charge >= 0.3 is 5.97 Å². The first-order chi connectivity index (χ1) is 5.99. The van der Waals surface area contributed by atoms with E-state index in [0.717, 1.165) is 0 Å². The van der Waals surface area contributed by atoms with Crippen LogP contribution in [-0.2, 0) is 4.79 Å². The highest BCUT2D eigenvalue weighted by Crippen LogP contribution is 2.06. The van der Waals surface area contributed by atoms with Gasteiger partial charge in [0, 0.05) is 18.6 Å². The molecule has 0 aromatic heterocycles. The van der Waals surface area contributed by atoms with Crippen molar-refractivity contribution in [3.05, 3.63) is 12.7 Å². The van der Waals surface area contributed by atoms with Crippen molar-refractivity contribution in [3.63, 3.8) is 0 Å². The van der Waals surface area contributed by atoms with Gasteiger partial charge in [-0.3, -0.25) is 9.69 Å². The van der Waals surface area contributed by atoms with Crippen molar-refractivity contribution in [2.24, 2.45) is 0 Å². The van der Waals surface area contributed by atoms with Gasteiger partial charge < -0.3 is 5.11 Å². The topological polar surface area (TPSA) is 40.5 Å². The maximum atomic E-state index is 10.4. The minimum absolute atomic E-state index is 0.191. The molecular weight excluding hydrogens is 166 g/mol. The summed E-state index contributed by atoms with van der Waals surface area (Å²) in [6.45, 7) is 10.4. The zero-order valence-electron chi connectivity index (χ0n) is 8.66. The second-order valence-corrected chi connectivity index (χ2v) is 3.45. The van der Waals surface area contributed by atoms with E-state index in [1.807, 2.05) is 13.0 Å². The molecule has 1 N–H and O–H groups in total. The predicted molar refractivity (Wildman–Crippen MR) is 53.8 cm³/mol. The van der Waals surface area contributed by atoms with Crippen LogP contribution in [0, 0.1) is 0 Å². The lowest BCUT2D eigenvalue weighted by Crippen LogP contribution is -2.38. The van der Waals surface area contributed by atoms with Crippen LogP contribution in [0.4, 0.5) is 0 Å². The average Bonchev–Trinajstić information content (AvgIpc) is 2.03. The standard InChI is InChI=1S/C10H19NO2/c1-5-9(4)11(8(2)3)7-6-10(12)13/h5,8-9H,1,6-7H2,2-4H3,(H,12,13). The van der Waals surface area contributed by atoms with E-state index in [1.165, 1.54) is 0 Å². The SMILES string of the molecule is C=CC(C)N(CCC(=O)O)C(C)C. The summed E-state index contributed by atoms with van der Waals surface area (Å²) in [7, 11) is 0. The maximum Gasteiger partial charge on any atom is 0.304 e. The normalized spacial score (nSPS) is 13.3. The molecule has 0 aliphatic rings. The summed E-state index contributed by atoms with van der Waals surface area (Å²) in [6, 6.07) is 0.590. The molecule has 0 aromatic carbocycles. The van der Waals surface area contributed by atoms with Crippen LogP contribution in [0.2, 0.25) is 0 Å². The number of aliphatic carboxylic acids is 1. The number of carboxylic acid groups (broad SMARTS) is 1. The van der Waals surface area contributed by atoms with E-state index in [4.69, 9.17) is 5.11 Å². The van der Waals surface area contributed by atoms with Gasteiger partial charge in [-0.25, -0.2) is 0 Å². The smallest absolute Gasteiger partial charge is 0.304 e. The number of carboxylic acids is 1. The van der Waals surface area contributed by atoms with Crippen LogP contribution in [0.25, 0.3) is 0 Å². The summed E-state index contributed by atoms with van der Waals surface area (Å²) in [6.07, 6.45) is 2.03. The Hall–Kier alpha value is -0.830. The van der Waals surface area contributed by atoms with Gasteiger partial charge in [0.05, 0.1) is 6.42 Å². The predicted octanol–water partition coefficient (Wildman–Crippen LogP) is 1.75. The van der Waals surface area contributed by atoms with Gasteiger partial charge in [0.2, 0.25) is 0 Å². The Labute approximate surface area is 80.0 Å². The molecule has 0 heterocycles. The first-order valence-electron chi connectivity index (χ1n) is 4.59. The highest BCUT2D eigenvalue weighted by Gasteiger charge is 2.14. The van der Waals surface area contributed by atoms with Crippen molar-refractivity contribution in [2.45, 2.75) is 39.3 Å². The summed E-state index contributed by atoms with van der Waals surface area (Å²) >= 11 is 0. The summed E-state index contributed by atoms with van der Waals surface area (Å²) in [5.41, 5.74) is 0. The van der Waals surface area contributed by atoms with Crippen LogP contribution in [0.15, 0.2) is 12.7 Å². The number of nitrogens with zero attached hydrogens (tertiary/aromatic N) is 1. The van der Waals surface area contributed by atoms with Gasteiger partial charge in [-0.2, -0.15) is 0 Å². The lowest BCUT2D eigenvalue weighted by molar-refractivity contribution is -0.137. The molecule has 0 saturated heterocycles. The first kappa shape index (κ1) is 12.2. The second kappa shape index (κ2) is 5.75. The fourth-order valence-corrected chi connectivity index (χ4v) is 1.29. The van der Waals surface area contributed by atoms with E-state index in [9.17, 15) is 4.79 Å². The molecule has 0 rings (SSSR count). The van der Waals surface area contributed by atoms with E-state index < -0.39 is 5.97 Å². The Balaban J connectivity index is 4.09. The Morgan fingerprint density at radius 2 is 2.08 bits per heavy atom. The van der Waals surface area contributed by atoms with Crippen molar-refractivity contribution in [2.75, 3.05) is 6.54 Å². The zero-order valence-corrected chi connectivity index (χ0v) is 8.66. The molecule has 1 atom stereocenters. The third-order valence-electron chi connectivity index (χ3n) is 2.11. The molecule has 0 aliphatic carbocycles. The van der Waals surface area contributed by atoms with E-state index in [1.54, 1.807) is 0 Å². The van der Waals surface area contributed by atoms with Crippen LogP contribution in [0.1, 0.15) is 27.2 Å². The largest absolute Gasteiger partial charge is 0.481 e. The van der Waals surface area contributed by atoms with Crippen molar-refractivity contribution in [1.29, 1.82) is 0 Å². The minimum atomic E-state index is -0.748. The molecule has 1 unspecified atom stereocenters. The Morgan fingerprint density at radius 3 is 2.38 bits per heavy atom. The molecule has 0 spiro atoms. The van der Waals surface area contributed by atoms with Crippen molar-refractivity contribution in [3.8, 4) is 0 Å². The van der Waals surface area contributed by atoms with Crippen LogP contribution in [0.3, 0.4) is 0 Å². The maximum absolute atomic E-state index is 10.4. The number of carbonyl (C=O) groups is 1. The Morgan fingerprint density at radius 1 is 1.54 bits per heavy atom. The van der Waals surface area contributed by atoms with Crippen molar-refractivity contribution >= 4 is 5.97 Å².